The Morgan fingerprint density at radius 2 is 1.80 bits per heavy atom. The highest BCUT2D eigenvalue weighted by atomic mass is 16.7. The summed E-state index contributed by atoms with van der Waals surface area (Å²) in [5.74, 6) is -1.48. The van der Waals surface area contributed by atoms with Gasteiger partial charge in [0.2, 0.25) is 0 Å². The summed E-state index contributed by atoms with van der Waals surface area (Å²) in [4.78, 5) is 12.1. The van der Waals surface area contributed by atoms with Gasteiger partial charge in [-0.2, -0.15) is 0 Å². The molecule has 102 valence electrons. The van der Waals surface area contributed by atoms with Crippen LogP contribution in [0.25, 0.3) is 0 Å². The second-order valence-electron chi connectivity index (χ2n) is 5.07. The summed E-state index contributed by atoms with van der Waals surface area (Å²) in [5, 5.41) is 0. The predicted molar refractivity (Wildman–Crippen MR) is 75.6 cm³/mol. The van der Waals surface area contributed by atoms with Crippen LogP contribution in [-0.4, -0.2) is 13.1 Å². The molecule has 3 rings (SSSR count). The number of ether oxygens (including phenoxy) is 2. The minimum absolute atomic E-state index is 0.345. The molecule has 20 heavy (non-hydrogen) atoms. The molecule has 1 atom stereocenters. The van der Waals surface area contributed by atoms with Crippen molar-refractivity contribution in [2.45, 2.75) is 19.6 Å². The molecule has 1 aliphatic heterocycles. The molecular formula is C17H16O3. The van der Waals surface area contributed by atoms with Crippen LogP contribution in [0.1, 0.15) is 32.6 Å². The van der Waals surface area contributed by atoms with Crippen molar-refractivity contribution in [3.63, 3.8) is 0 Å². The van der Waals surface area contributed by atoms with E-state index in [1.807, 2.05) is 44.2 Å². The second kappa shape index (κ2) is 4.46. The second-order valence-corrected chi connectivity index (χ2v) is 5.07. The fourth-order valence-corrected chi connectivity index (χ4v) is 2.83. The molecule has 3 nitrogen and oxygen atoms in total. The molecule has 3 heteroatoms. The normalized spacial score (nSPS) is 20.6. The summed E-state index contributed by atoms with van der Waals surface area (Å²) in [6.07, 6.45) is 0. The summed E-state index contributed by atoms with van der Waals surface area (Å²) in [6.45, 7) is 4.03. The van der Waals surface area contributed by atoms with Crippen LogP contribution in [0.15, 0.2) is 42.5 Å². The first-order valence-corrected chi connectivity index (χ1v) is 6.54. The molecule has 0 radical (unpaired) electrons. The highest BCUT2D eigenvalue weighted by molar-refractivity contribution is 5.95. The Kier molecular flexibility index (Phi) is 2.87. The SMILES string of the molecule is COC1(c2ccc(C)cc2C)OC(=O)c2ccccc21. The molecule has 0 aliphatic carbocycles. The molecule has 1 heterocycles. The number of fused-ring (bicyclic) bond motifs is 1. The minimum atomic E-state index is -1.13. The van der Waals surface area contributed by atoms with Crippen molar-refractivity contribution in [2.75, 3.05) is 7.11 Å². The molecule has 0 aromatic heterocycles. The van der Waals surface area contributed by atoms with Gasteiger partial charge in [-0.15, -0.1) is 0 Å². The fraction of sp³-hybridized carbons (Fsp3) is 0.235. The van der Waals surface area contributed by atoms with E-state index in [1.54, 1.807) is 13.2 Å². The highest BCUT2D eigenvalue weighted by Crippen LogP contribution is 2.43. The largest absolute Gasteiger partial charge is 0.420 e. The molecule has 0 amide bonds. The van der Waals surface area contributed by atoms with Gasteiger partial charge < -0.3 is 9.47 Å². The zero-order valence-electron chi connectivity index (χ0n) is 11.8. The number of methoxy groups -OCH3 is 1. The number of cyclic esters (lactones) is 1. The lowest BCUT2D eigenvalue weighted by atomic mass is 9.91. The van der Waals surface area contributed by atoms with E-state index in [1.165, 1.54) is 0 Å². The van der Waals surface area contributed by atoms with Crippen molar-refractivity contribution in [1.29, 1.82) is 0 Å². The first-order chi connectivity index (χ1) is 9.58. The number of hydrogen-bond acceptors (Lipinski definition) is 3. The quantitative estimate of drug-likeness (QED) is 0.784. The van der Waals surface area contributed by atoms with Gasteiger partial charge in [-0.25, -0.2) is 4.79 Å². The lowest BCUT2D eigenvalue weighted by Gasteiger charge is -2.29. The van der Waals surface area contributed by atoms with E-state index in [4.69, 9.17) is 9.47 Å². The van der Waals surface area contributed by atoms with Crippen molar-refractivity contribution < 1.29 is 14.3 Å². The van der Waals surface area contributed by atoms with Gasteiger partial charge in [-0.1, -0.05) is 42.0 Å². The number of carbonyl (C=O) groups excluding carboxylic acids is 1. The van der Waals surface area contributed by atoms with E-state index < -0.39 is 5.79 Å². The van der Waals surface area contributed by atoms with Crippen molar-refractivity contribution in [3.05, 3.63) is 70.3 Å². The number of hydrogen-bond donors (Lipinski definition) is 0. The van der Waals surface area contributed by atoms with E-state index in [-0.39, 0.29) is 5.97 Å². The van der Waals surface area contributed by atoms with Gasteiger partial charge in [0.15, 0.2) is 0 Å². The molecule has 0 saturated carbocycles. The van der Waals surface area contributed by atoms with Gasteiger partial charge in [-0.05, 0) is 25.5 Å². The van der Waals surface area contributed by atoms with Crippen LogP contribution in [0.4, 0.5) is 0 Å². The maximum absolute atomic E-state index is 12.1. The van der Waals surface area contributed by atoms with Crippen LogP contribution in [0.2, 0.25) is 0 Å². The smallest absolute Gasteiger partial charge is 0.341 e. The zero-order valence-corrected chi connectivity index (χ0v) is 11.8. The van der Waals surface area contributed by atoms with Crippen LogP contribution in [-0.2, 0) is 15.3 Å². The maximum atomic E-state index is 12.1. The fourth-order valence-electron chi connectivity index (χ4n) is 2.83. The topological polar surface area (TPSA) is 35.5 Å². The van der Waals surface area contributed by atoms with Crippen LogP contribution < -0.4 is 0 Å². The van der Waals surface area contributed by atoms with E-state index >= 15 is 0 Å². The van der Waals surface area contributed by atoms with Gasteiger partial charge in [0.05, 0.1) is 5.56 Å². The van der Waals surface area contributed by atoms with Gasteiger partial charge in [0.1, 0.15) is 0 Å². The van der Waals surface area contributed by atoms with Crippen molar-refractivity contribution in [3.8, 4) is 0 Å². The summed E-state index contributed by atoms with van der Waals surface area (Å²) >= 11 is 0. The Hall–Kier alpha value is -2.13. The van der Waals surface area contributed by atoms with E-state index in [0.717, 1.165) is 22.3 Å². The molecule has 2 aromatic rings. The van der Waals surface area contributed by atoms with Crippen LogP contribution >= 0.6 is 0 Å². The summed E-state index contributed by atoms with van der Waals surface area (Å²) < 4.78 is 11.3. The van der Waals surface area contributed by atoms with Gasteiger partial charge in [-0.3, -0.25) is 0 Å². The van der Waals surface area contributed by atoms with Crippen LogP contribution in [0.3, 0.4) is 0 Å². The van der Waals surface area contributed by atoms with Crippen LogP contribution in [0.5, 0.6) is 0 Å². The molecule has 0 N–H and O–H groups in total. The molecule has 0 fully saturated rings. The number of esters is 1. The lowest BCUT2D eigenvalue weighted by molar-refractivity contribution is -0.155. The predicted octanol–water partition coefficient (Wildman–Crippen LogP) is 3.32. The van der Waals surface area contributed by atoms with E-state index in [0.29, 0.717) is 5.56 Å². The Morgan fingerprint density at radius 3 is 2.50 bits per heavy atom. The lowest BCUT2D eigenvalue weighted by Crippen LogP contribution is -2.31. The van der Waals surface area contributed by atoms with E-state index in [9.17, 15) is 4.79 Å². The monoisotopic (exact) mass is 268 g/mol. The molecule has 0 spiro atoms. The molecule has 0 bridgehead atoms. The third-order valence-electron chi connectivity index (χ3n) is 3.76. The minimum Gasteiger partial charge on any atom is -0.420 e. The number of aryl methyl sites for hydroxylation is 2. The molecule has 0 saturated heterocycles. The zero-order chi connectivity index (χ0) is 14.3. The first kappa shape index (κ1) is 12.9. The third kappa shape index (κ3) is 1.67. The Bertz CT molecular complexity index is 690. The van der Waals surface area contributed by atoms with Crippen molar-refractivity contribution in [2.24, 2.45) is 0 Å². The van der Waals surface area contributed by atoms with Gasteiger partial charge in [0.25, 0.3) is 5.79 Å². The average Bonchev–Trinajstić information content (AvgIpc) is 2.73. The van der Waals surface area contributed by atoms with E-state index in [2.05, 4.69) is 6.07 Å². The number of rotatable bonds is 2. The van der Waals surface area contributed by atoms with Gasteiger partial charge in [0, 0.05) is 18.2 Å². The summed E-state index contributed by atoms with van der Waals surface area (Å²) in [7, 11) is 1.56. The Labute approximate surface area is 118 Å². The number of carbonyl (C=O) groups is 1. The summed E-state index contributed by atoms with van der Waals surface area (Å²) in [5.41, 5.74) is 4.39. The summed E-state index contributed by atoms with van der Waals surface area (Å²) in [6, 6.07) is 13.4. The number of benzene rings is 2. The van der Waals surface area contributed by atoms with Crippen molar-refractivity contribution in [1.82, 2.24) is 0 Å². The first-order valence-electron chi connectivity index (χ1n) is 6.54. The molecule has 1 aliphatic rings. The van der Waals surface area contributed by atoms with Crippen molar-refractivity contribution >= 4 is 5.97 Å². The standard InChI is InChI=1S/C17H16O3/c1-11-8-9-14(12(2)10-11)17(19-3)15-7-5-4-6-13(15)16(18)20-17/h4-10H,1-3H3. The Morgan fingerprint density at radius 1 is 1.05 bits per heavy atom. The average molecular weight is 268 g/mol. The Balaban J connectivity index is 2.26. The third-order valence-corrected chi connectivity index (χ3v) is 3.76. The molecule has 2 aromatic carbocycles. The molecular weight excluding hydrogens is 252 g/mol. The highest BCUT2D eigenvalue weighted by Gasteiger charge is 2.48. The van der Waals surface area contributed by atoms with Gasteiger partial charge >= 0.3 is 5.97 Å². The molecule has 1 unspecified atom stereocenters. The maximum Gasteiger partial charge on any atom is 0.341 e. The van der Waals surface area contributed by atoms with Crippen LogP contribution in [0, 0.1) is 13.8 Å².